The molecule has 4 aromatic rings. The average molecular weight is 492 g/mol. The maximum absolute atomic E-state index is 13.2. The van der Waals surface area contributed by atoms with Gasteiger partial charge < -0.3 is 14.2 Å². The van der Waals surface area contributed by atoms with Crippen molar-refractivity contribution in [3.05, 3.63) is 90.1 Å². The molecule has 0 bridgehead atoms. The van der Waals surface area contributed by atoms with Crippen LogP contribution < -0.4 is 5.32 Å². The second kappa shape index (κ2) is 9.16. The quantitative estimate of drug-likeness (QED) is 0.409. The normalized spacial score (nSPS) is 17.0. The van der Waals surface area contributed by atoms with Gasteiger partial charge in [-0.2, -0.15) is 5.10 Å². The summed E-state index contributed by atoms with van der Waals surface area (Å²) in [5, 5.41) is 10.3. The van der Waals surface area contributed by atoms with Crippen LogP contribution in [0, 0.1) is 0 Å². The van der Waals surface area contributed by atoms with Crippen LogP contribution in [0.2, 0.25) is 0 Å². The van der Waals surface area contributed by atoms with E-state index >= 15 is 0 Å². The molecule has 0 saturated carbocycles. The Hall–Kier alpha value is -3.69. The van der Waals surface area contributed by atoms with E-state index in [2.05, 4.69) is 10.4 Å². The fourth-order valence-electron chi connectivity index (χ4n) is 4.16. The zero-order chi connectivity index (χ0) is 24.6. The van der Waals surface area contributed by atoms with Gasteiger partial charge in [0.25, 0.3) is 5.91 Å². The van der Waals surface area contributed by atoms with Gasteiger partial charge in [0, 0.05) is 24.1 Å². The topological polar surface area (TPSA) is 105 Å². The second-order valence-corrected chi connectivity index (χ2v) is 10.6. The summed E-state index contributed by atoms with van der Waals surface area (Å²) in [6.07, 6.45) is 3.23. The number of carbonyl (C=O) groups excluding carboxylic acids is 1. The van der Waals surface area contributed by atoms with Crippen molar-refractivity contribution in [2.45, 2.75) is 30.3 Å². The Bertz CT molecular complexity index is 1450. The maximum atomic E-state index is 13.2. The van der Waals surface area contributed by atoms with E-state index in [0.29, 0.717) is 23.7 Å². The van der Waals surface area contributed by atoms with Crippen molar-refractivity contribution in [2.75, 3.05) is 12.8 Å². The van der Waals surface area contributed by atoms with Crippen LogP contribution in [0.3, 0.4) is 0 Å². The van der Waals surface area contributed by atoms with Gasteiger partial charge in [0.15, 0.2) is 15.6 Å². The Labute approximate surface area is 203 Å². The Morgan fingerprint density at radius 1 is 1.14 bits per heavy atom. The van der Waals surface area contributed by atoms with Gasteiger partial charge in [-0.1, -0.05) is 30.3 Å². The lowest BCUT2D eigenvalue weighted by Crippen LogP contribution is -2.36. The molecule has 1 N–H and O–H groups in total. The highest BCUT2D eigenvalue weighted by molar-refractivity contribution is 7.90. The van der Waals surface area contributed by atoms with Gasteiger partial charge in [0.1, 0.15) is 23.1 Å². The Balaban J connectivity index is 1.33. The Morgan fingerprint density at radius 2 is 1.91 bits per heavy atom. The van der Waals surface area contributed by atoms with Crippen LogP contribution in [0.1, 0.15) is 42.5 Å². The first-order valence-electron chi connectivity index (χ1n) is 11.2. The summed E-state index contributed by atoms with van der Waals surface area (Å²) in [4.78, 5) is 13.5. The van der Waals surface area contributed by atoms with Gasteiger partial charge in [0.2, 0.25) is 0 Å². The van der Waals surface area contributed by atoms with Crippen LogP contribution >= 0.6 is 0 Å². The van der Waals surface area contributed by atoms with Crippen LogP contribution in [0.4, 0.5) is 0 Å². The summed E-state index contributed by atoms with van der Waals surface area (Å²) >= 11 is 0. The van der Waals surface area contributed by atoms with Gasteiger partial charge in [-0.15, -0.1) is 0 Å². The fourth-order valence-corrected chi connectivity index (χ4v) is 4.79. The standard InChI is InChI=1S/C26H25N3O5S/c1-17(18-9-11-20(12-10-18)35(2,31)32)27-16-26(30)29-22(24-8-5-13-33-24)15-21(28-29)25-14-19-6-3-4-7-23(19)34-25/h3-14,17,22,27H,15-16H2,1-2H3/t17-,22-/m1/s1. The van der Waals surface area contributed by atoms with E-state index in [1.54, 1.807) is 36.6 Å². The largest absolute Gasteiger partial charge is 0.467 e. The molecule has 0 saturated heterocycles. The number of para-hydroxylation sites is 1. The molecule has 0 aliphatic carbocycles. The lowest BCUT2D eigenvalue weighted by molar-refractivity contribution is -0.132. The fraction of sp³-hybridized carbons (Fsp3) is 0.231. The number of benzene rings is 2. The van der Waals surface area contributed by atoms with Gasteiger partial charge in [0.05, 0.1) is 17.7 Å². The number of carbonyl (C=O) groups is 1. The molecule has 1 aliphatic rings. The van der Waals surface area contributed by atoms with Crippen LogP contribution in [0.25, 0.3) is 11.0 Å². The third-order valence-corrected chi connectivity index (χ3v) is 7.24. The minimum Gasteiger partial charge on any atom is -0.467 e. The predicted molar refractivity (Wildman–Crippen MR) is 132 cm³/mol. The molecule has 0 fully saturated rings. The average Bonchev–Trinajstić information content (AvgIpc) is 3.60. The van der Waals surface area contributed by atoms with Gasteiger partial charge in [-0.3, -0.25) is 4.79 Å². The summed E-state index contributed by atoms with van der Waals surface area (Å²) in [5.74, 6) is 1.07. The van der Waals surface area contributed by atoms with Crippen molar-refractivity contribution >= 4 is 32.4 Å². The minimum atomic E-state index is -3.26. The van der Waals surface area contributed by atoms with E-state index in [9.17, 15) is 13.2 Å². The number of hydrogen-bond acceptors (Lipinski definition) is 7. The van der Waals surface area contributed by atoms with Crippen molar-refractivity contribution in [2.24, 2.45) is 5.10 Å². The number of nitrogens with one attached hydrogen (secondary N) is 1. The molecule has 1 amide bonds. The summed E-state index contributed by atoms with van der Waals surface area (Å²) in [6.45, 7) is 1.96. The highest BCUT2D eigenvalue weighted by atomic mass is 32.2. The highest BCUT2D eigenvalue weighted by Crippen LogP contribution is 2.34. The van der Waals surface area contributed by atoms with Crippen molar-refractivity contribution in [1.29, 1.82) is 0 Å². The van der Waals surface area contributed by atoms with Gasteiger partial charge in [-0.25, -0.2) is 13.4 Å². The van der Waals surface area contributed by atoms with Crippen molar-refractivity contribution in [1.82, 2.24) is 10.3 Å². The molecule has 3 heterocycles. The highest BCUT2D eigenvalue weighted by Gasteiger charge is 2.36. The maximum Gasteiger partial charge on any atom is 0.257 e. The van der Waals surface area contributed by atoms with Crippen LogP contribution in [0.5, 0.6) is 0 Å². The van der Waals surface area contributed by atoms with E-state index in [1.807, 2.05) is 43.3 Å². The molecule has 2 aromatic heterocycles. The van der Waals surface area contributed by atoms with Crippen molar-refractivity contribution < 1.29 is 22.0 Å². The zero-order valence-corrected chi connectivity index (χ0v) is 20.2. The summed E-state index contributed by atoms with van der Waals surface area (Å²) in [6, 6.07) is 19.4. The second-order valence-electron chi connectivity index (χ2n) is 8.61. The number of sulfone groups is 1. The SMILES string of the molecule is C[C@@H](NCC(=O)N1N=C(c2cc3ccccc3o2)C[C@@H]1c1ccco1)c1ccc(S(C)(=O)=O)cc1. The molecule has 180 valence electrons. The molecule has 2 atom stereocenters. The lowest BCUT2D eigenvalue weighted by Gasteiger charge is -2.21. The summed E-state index contributed by atoms with van der Waals surface area (Å²) < 4.78 is 35.0. The van der Waals surface area contributed by atoms with Crippen LogP contribution in [0.15, 0.2) is 91.8 Å². The molecule has 35 heavy (non-hydrogen) atoms. The molecule has 9 heteroatoms. The molecule has 1 aliphatic heterocycles. The molecule has 0 radical (unpaired) electrons. The van der Waals surface area contributed by atoms with E-state index in [4.69, 9.17) is 8.83 Å². The van der Waals surface area contributed by atoms with E-state index in [-0.39, 0.29) is 29.4 Å². The molecule has 5 rings (SSSR count). The molecule has 8 nitrogen and oxygen atoms in total. The first-order chi connectivity index (χ1) is 16.8. The minimum absolute atomic E-state index is 0.0448. The van der Waals surface area contributed by atoms with E-state index in [1.165, 1.54) is 11.3 Å². The number of nitrogens with zero attached hydrogens (tertiary/aromatic N) is 2. The van der Waals surface area contributed by atoms with Gasteiger partial charge >= 0.3 is 0 Å². The number of hydrazone groups is 1. The van der Waals surface area contributed by atoms with Crippen LogP contribution in [-0.4, -0.2) is 37.8 Å². The molecule has 2 aromatic carbocycles. The number of rotatable bonds is 7. The summed E-state index contributed by atoms with van der Waals surface area (Å²) in [7, 11) is -3.26. The van der Waals surface area contributed by atoms with E-state index < -0.39 is 9.84 Å². The Kier molecular flexibility index (Phi) is 6.04. The van der Waals surface area contributed by atoms with E-state index in [0.717, 1.165) is 16.5 Å². The number of furan rings is 2. The lowest BCUT2D eigenvalue weighted by atomic mass is 10.1. The smallest absolute Gasteiger partial charge is 0.257 e. The number of amides is 1. The molecular formula is C26H25N3O5S. The van der Waals surface area contributed by atoms with Crippen molar-refractivity contribution in [3.63, 3.8) is 0 Å². The third kappa shape index (κ3) is 4.78. The predicted octanol–water partition coefficient (Wildman–Crippen LogP) is 4.46. The molecule has 0 spiro atoms. The number of fused-ring (bicyclic) bond motifs is 1. The zero-order valence-electron chi connectivity index (χ0n) is 19.3. The number of hydrogen-bond donors (Lipinski definition) is 1. The first kappa shape index (κ1) is 23.1. The summed E-state index contributed by atoms with van der Waals surface area (Å²) in [5.41, 5.74) is 2.32. The Morgan fingerprint density at radius 3 is 2.60 bits per heavy atom. The molecular weight excluding hydrogens is 466 g/mol. The first-order valence-corrected chi connectivity index (χ1v) is 13.1. The molecule has 0 unspecified atom stereocenters. The monoisotopic (exact) mass is 491 g/mol. The van der Waals surface area contributed by atoms with Gasteiger partial charge in [-0.05, 0) is 48.9 Å². The van der Waals surface area contributed by atoms with Crippen LogP contribution in [-0.2, 0) is 14.6 Å². The third-order valence-electron chi connectivity index (χ3n) is 6.12. The van der Waals surface area contributed by atoms with Crippen molar-refractivity contribution in [3.8, 4) is 0 Å².